The Labute approximate surface area is 360 Å². The van der Waals surface area contributed by atoms with E-state index in [9.17, 15) is 0 Å². The molecule has 0 unspecified atom stereocenters. The van der Waals surface area contributed by atoms with Gasteiger partial charge in [0.15, 0.2) is 0 Å². The summed E-state index contributed by atoms with van der Waals surface area (Å²) in [5, 5.41) is 4.98. The zero-order chi connectivity index (χ0) is 41.0. The molecule has 12 rings (SSSR count). The van der Waals surface area contributed by atoms with Crippen molar-refractivity contribution in [2.45, 2.75) is 0 Å². The van der Waals surface area contributed by atoms with Crippen molar-refractivity contribution >= 4 is 43.6 Å². The third-order valence-corrected chi connectivity index (χ3v) is 12.5. The molecule has 10 aromatic carbocycles. The van der Waals surface area contributed by atoms with Gasteiger partial charge >= 0.3 is 0 Å². The van der Waals surface area contributed by atoms with Crippen LogP contribution in [0.3, 0.4) is 0 Å². The number of rotatable bonds is 7. The minimum absolute atomic E-state index is 1.15. The summed E-state index contributed by atoms with van der Waals surface area (Å²) in [7, 11) is 0. The zero-order valence-corrected chi connectivity index (χ0v) is 34.0. The van der Waals surface area contributed by atoms with Gasteiger partial charge in [-0.05, 0) is 134 Å². The Morgan fingerprint density at radius 2 is 0.516 bits per heavy atom. The van der Waals surface area contributed by atoms with Crippen LogP contribution in [0.25, 0.3) is 111 Å². The molecule has 0 bridgehead atoms. The summed E-state index contributed by atoms with van der Waals surface area (Å²) < 4.78 is 4.80. The van der Waals surface area contributed by atoms with Crippen molar-refractivity contribution in [1.82, 2.24) is 9.13 Å². The van der Waals surface area contributed by atoms with E-state index in [-0.39, 0.29) is 0 Å². The summed E-state index contributed by atoms with van der Waals surface area (Å²) in [5.74, 6) is 0. The Bertz CT molecular complexity index is 3520. The number of nitrogens with zero attached hydrogens (tertiary/aromatic N) is 2. The molecule has 0 aliphatic heterocycles. The number of para-hydroxylation sites is 3. The molecule has 0 aliphatic carbocycles. The van der Waals surface area contributed by atoms with Crippen molar-refractivity contribution in [3.05, 3.63) is 243 Å². The molecule has 290 valence electrons. The van der Waals surface area contributed by atoms with E-state index in [1.54, 1.807) is 0 Å². The van der Waals surface area contributed by atoms with Gasteiger partial charge in [-0.3, -0.25) is 0 Å². The highest BCUT2D eigenvalue weighted by Crippen LogP contribution is 2.40. The number of fused-ring (bicyclic) bond motifs is 6. The molecule has 0 N–H and O–H groups in total. The molecular weight excluding hydrogens is 749 g/mol. The fourth-order valence-electron chi connectivity index (χ4n) is 9.49. The molecule has 62 heavy (non-hydrogen) atoms. The van der Waals surface area contributed by atoms with Gasteiger partial charge in [0.2, 0.25) is 0 Å². The van der Waals surface area contributed by atoms with Crippen LogP contribution in [0, 0.1) is 0 Å². The van der Waals surface area contributed by atoms with Crippen LogP contribution < -0.4 is 0 Å². The molecule has 2 heteroatoms. The SMILES string of the molecule is c1ccc(-c2cc(-c3ccccc3)cc(-c3ccc(-c4ccc5c(c4)c4ccc(-c6ccc7c(c6)c6ccccc6n7-c6ccccc6)cc4n5-c4ccccc4)cc3)c2)cc1. The Morgan fingerprint density at radius 3 is 1.05 bits per heavy atom. The first kappa shape index (κ1) is 35.7. The first-order valence-electron chi connectivity index (χ1n) is 21.3. The second-order valence-electron chi connectivity index (χ2n) is 16.2. The summed E-state index contributed by atoms with van der Waals surface area (Å²) in [4.78, 5) is 0. The normalized spacial score (nSPS) is 11.5. The van der Waals surface area contributed by atoms with Gasteiger partial charge in [-0.25, -0.2) is 0 Å². The minimum Gasteiger partial charge on any atom is -0.309 e. The number of aromatic nitrogens is 2. The second kappa shape index (κ2) is 14.8. The molecule has 0 saturated heterocycles. The summed E-state index contributed by atoms with van der Waals surface area (Å²) in [6.45, 7) is 0. The molecule has 0 aliphatic rings. The Hall–Kier alpha value is -8.20. The van der Waals surface area contributed by atoms with Gasteiger partial charge in [0, 0.05) is 32.9 Å². The topological polar surface area (TPSA) is 9.86 Å². The summed E-state index contributed by atoms with van der Waals surface area (Å²) in [6, 6.07) is 88.4. The highest BCUT2D eigenvalue weighted by Gasteiger charge is 2.17. The van der Waals surface area contributed by atoms with Crippen molar-refractivity contribution in [3.8, 4) is 67.0 Å². The second-order valence-corrected chi connectivity index (χ2v) is 16.2. The molecule has 0 fully saturated rings. The molecule has 0 amide bonds. The minimum atomic E-state index is 1.15. The van der Waals surface area contributed by atoms with Crippen molar-refractivity contribution in [1.29, 1.82) is 0 Å². The summed E-state index contributed by atoms with van der Waals surface area (Å²) >= 11 is 0. The largest absolute Gasteiger partial charge is 0.309 e. The first-order valence-corrected chi connectivity index (χ1v) is 21.3. The number of hydrogen-bond donors (Lipinski definition) is 0. The van der Waals surface area contributed by atoms with E-state index in [4.69, 9.17) is 0 Å². The van der Waals surface area contributed by atoms with Crippen LogP contribution in [0.2, 0.25) is 0 Å². The fourth-order valence-corrected chi connectivity index (χ4v) is 9.49. The van der Waals surface area contributed by atoms with Crippen molar-refractivity contribution < 1.29 is 0 Å². The van der Waals surface area contributed by atoms with Crippen LogP contribution in [0.1, 0.15) is 0 Å². The molecule has 2 heterocycles. The van der Waals surface area contributed by atoms with E-state index in [0.29, 0.717) is 0 Å². The van der Waals surface area contributed by atoms with Gasteiger partial charge in [0.25, 0.3) is 0 Å². The maximum Gasteiger partial charge on any atom is 0.0547 e. The summed E-state index contributed by atoms with van der Waals surface area (Å²) in [6.07, 6.45) is 0. The predicted octanol–water partition coefficient (Wildman–Crippen LogP) is 16.2. The van der Waals surface area contributed by atoms with Crippen LogP contribution in [-0.4, -0.2) is 9.13 Å². The Balaban J connectivity index is 0.954. The standard InChI is InChI=1S/C60H40N2/c1-5-15-41(16-6-1)48-35-49(42-17-7-2-8-18-42)37-50(36-48)44-27-25-43(26-28-44)45-30-33-59-56(38-45)54-32-29-47(40-60(54)62(59)52-21-11-4-12-22-52)46-31-34-58-55(39-46)53-23-13-14-24-57(53)61(58)51-19-9-3-10-20-51/h1-40H. The van der Waals surface area contributed by atoms with Gasteiger partial charge in [-0.2, -0.15) is 0 Å². The highest BCUT2D eigenvalue weighted by atomic mass is 15.0. The monoisotopic (exact) mass is 788 g/mol. The lowest BCUT2D eigenvalue weighted by Crippen LogP contribution is -1.94. The van der Waals surface area contributed by atoms with Crippen LogP contribution in [0.15, 0.2) is 243 Å². The highest BCUT2D eigenvalue weighted by molar-refractivity contribution is 6.13. The van der Waals surface area contributed by atoms with Gasteiger partial charge in [0.1, 0.15) is 0 Å². The van der Waals surface area contributed by atoms with Crippen LogP contribution in [0.4, 0.5) is 0 Å². The molecule has 0 saturated carbocycles. The predicted molar refractivity (Wildman–Crippen MR) is 262 cm³/mol. The molecule has 0 radical (unpaired) electrons. The van der Waals surface area contributed by atoms with E-state index in [2.05, 4.69) is 252 Å². The lowest BCUT2D eigenvalue weighted by atomic mass is 9.92. The van der Waals surface area contributed by atoms with Gasteiger partial charge < -0.3 is 9.13 Å². The average molecular weight is 789 g/mol. The van der Waals surface area contributed by atoms with Crippen molar-refractivity contribution in [2.24, 2.45) is 0 Å². The van der Waals surface area contributed by atoms with E-state index in [0.717, 1.165) is 5.69 Å². The third kappa shape index (κ3) is 6.12. The molecule has 2 nitrogen and oxygen atoms in total. The average Bonchev–Trinajstić information content (AvgIpc) is 3.87. The van der Waals surface area contributed by atoms with Gasteiger partial charge in [-0.1, -0.05) is 164 Å². The molecule has 0 atom stereocenters. The van der Waals surface area contributed by atoms with Crippen LogP contribution in [0.5, 0.6) is 0 Å². The van der Waals surface area contributed by atoms with Crippen molar-refractivity contribution in [3.63, 3.8) is 0 Å². The van der Waals surface area contributed by atoms with Crippen molar-refractivity contribution in [2.75, 3.05) is 0 Å². The zero-order valence-electron chi connectivity index (χ0n) is 34.0. The first-order chi connectivity index (χ1) is 30.7. The van der Waals surface area contributed by atoms with Gasteiger partial charge in [-0.15, -0.1) is 0 Å². The van der Waals surface area contributed by atoms with E-state index >= 15 is 0 Å². The number of benzene rings is 10. The number of hydrogen-bond acceptors (Lipinski definition) is 0. The quantitative estimate of drug-likeness (QED) is 0.152. The lowest BCUT2D eigenvalue weighted by Gasteiger charge is -2.12. The van der Waals surface area contributed by atoms with Crippen LogP contribution >= 0.6 is 0 Å². The van der Waals surface area contributed by atoms with Gasteiger partial charge in [0.05, 0.1) is 22.1 Å². The van der Waals surface area contributed by atoms with E-state index in [1.165, 1.54) is 105 Å². The summed E-state index contributed by atoms with van der Waals surface area (Å²) in [5.41, 5.74) is 19.2. The Kier molecular flexibility index (Phi) is 8.53. The van der Waals surface area contributed by atoms with E-state index < -0.39 is 0 Å². The lowest BCUT2D eigenvalue weighted by molar-refractivity contribution is 1.18. The third-order valence-electron chi connectivity index (χ3n) is 12.5. The molecular formula is C60H40N2. The Morgan fingerprint density at radius 1 is 0.177 bits per heavy atom. The molecule has 2 aromatic heterocycles. The molecule has 0 spiro atoms. The smallest absolute Gasteiger partial charge is 0.0547 e. The molecule has 12 aromatic rings. The van der Waals surface area contributed by atoms with Crippen LogP contribution in [-0.2, 0) is 0 Å². The fraction of sp³-hybridized carbons (Fsp3) is 0. The maximum atomic E-state index is 2.42. The maximum absolute atomic E-state index is 2.42. The van der Waals surface area contributed by atoms with E-state index in [1.807, 2.05) is 0 Å².